The van der Waals surface area contributed by atoms with Crippen molar-refractivity contribution < 1.29 is 10.1 Å². The van der Waals surface area contributed by atoms with Gasteiger partial charge in [-0.3, -0.25) is 4.79 Å². The van der Waals surface area contributed by atoms with Gasteiger partial charge in [0.05, 0.1) is 4.88 Å². The van der Waals surface area contributed by atoms with Crippen LogP contribution < -0.4 is 10.6 Å². The molecule has 4 aromatic rings. The van der Waals surface area contributed by atoms with E-state index in [0.29, 0.717) is 13.1 Å². The number of para-hydroxylation sites is 1. The van der Waals surface area contributed by atoms with Gasteiger partial charge in [-0.05, 0) is 29.5 Å². The first-order valence-electron chi connectivity index (χ1n) is 9.54. The molecule has 4 nitrogen and oxygen atoms in total. The fourth-order valence-corrected chi connectivity index (χ4v) is 4.37. The molecule has 0 radical (unpaired) electrons. The number of quaternary nitrogens is 1. The summed E-state index contributed by atoms with van der Waals surface area (Å²) >= 11 is 1.73. The molecule has 0 spiro atoms. The molecule has 1 amide bonds. The van der Waals surface area contributed by atoms with Crippen LogP contribution in [0, 0.1) is 0 Å². The molecule has 0 saturated carbocycles. The number of hydrogen-bond donors (Lipinski definition) is 3. The Hall–Kier alpha value is -2.89. The van der Waals surface area contributed by atoms with Crippen LogP contribution in [-0.4, -0.2) is 24.0 Å². The monoisotopic (exact) mass is 390 g/mol. The van der Waals surface area contributed by atoms with Gasteiger partial charge in [0.25, 0.3) is 5.91 Å². The zero-order chi connectivity index (χ0) is 19.2. The average molecular weight is 391 g/mol. The van der Waals surface area contributed by atoms with Crippen LogP contribution in [0.4, 0.5) is 0 Å². The first kappa shape index (κ1) is 18.5. The van der Waals surface area contributed by atoms with Gasteiger partial charge in [-0.2, -0.15) is 0 Å². The van der Waals surface area contributed by atoms with Crippen LogP contribution in [0.25, 0.3) is 10.9 Å². The number of rotatable bonds is 8. The third-order valence-electron chi connectivity index (χ3n) is 4.94. The van der Waals surface area contributed by atoms with E-state index in [1.54, 1.807) is 11.3 Å². The molecular weight excluding hydrogens is 366 g/mol. The van der Waals surface area contributed by atoms with Crippen molar-refractivity contribution >= 4 is 28.1 Å². The van der Waals surface area contributed by atoms with Gasteiger partial charge in [0.1, 0.15) is 6.04 Å². The average Bonchev–Trinajstić information content (AvgIpc) is 3.40. The minimum atomic E-state index is 0.0670. The second-order valence-corrected chi connectivity index (χ2v) is 7.78. The second-order valence-electron chi connectivity index (χ2n) is 6.80. The number of nitrogens with two attached hydrogens (primary N) is 1. The molecule has 0 unspecified atom stereocenters. The van der Waals surface area contributed by atoms with Crippen molar-refractivity contribution in [3.63, 3.8) is 0 Å². The highest BCUT2D eigenvalue weighted by Crippen LogP contribution is 2.22. The predicted molar refractivity (Wildman–Crippen MR) is 114 cm³/mol. The number of carbonyl (C=O) groups is 1. The summed E-state index contributed by atoms with van der Waals surface area (Å²) in [5, 5.41) is 8.48. The first-order chi connectivity index (χ1) is 13.8. The van der Waals surface area contributed by atoms with Gasteiger partial charge < -0.3 is 15.6 Å². The van der Waals surface area contributed by atoms with Crippen LogP contribution in [0.1, 0.15) is 22.0 Å². The highest BCUT2D eigenvalue weighted by atomic mass is 32.1. The zero-order valence-electron chi connectivity index (χ0n) is 15.6. The predicted octanol–water partition coefficient (Wildman–Crippen LogP) is 3.24. The van der Waals surface area contributed by atoms with Crippen LogP contribution in [0.5, 0.6) is 0 Å². The highest BCUT2D eigenvalue weighted by Gasteiger charge is 2.19. The summed E-state index contributed by atoms with van der Waals surface area (Å²) in [5.41, 5.74) is 3.59. The number of aromatic nitrogens is 1. The van der Waals surface area contributed by atoms with Gasteiger partial charge in [-0.25, -0.2) is 0 Å². The molecule has 2 heterocycles. The minimum Gasteiger partial charge on any atom is -0.361 e. The van der Waals surface area contributed by atoms with E-state index in [0.717, 1.165) is 11.9 Å². The molecule has 4 rings (SSSR count). The molecule has 28 heavy (non-hydrogen) atoms. The SMILES string of the molecule is O=C(C[NH2+][C@H](c1ccccc1)c1cccs1)NCCc1c[nH]c2ccccc12. The topological polar surface area (TPSA) is 61.5 Å². The molecule has 0 aliphatic heterocycles. The van der Waals surface area contributed by atoms with E-state index in [-0.39, 0.29) is 11.9 Å². The first-order valence-corrected chi connectivity index (χ1v) is 10.4. The van der Waals surface area contributed by atoms with Crippen LogP contribution in [0.15, 0.2) is 78.3 Å². The van der Waals surface area contributed by atoms with Gasteiger partial charge in [0, 0.05) is 29.2 Å². The van der Waals surface area contributed by atoms with Gasteiger partial charge in [0.15, 0.2) is 6.54 Å². The Bertz CT molecular complexity index is 1020. The summed E-state index contributed by atoms with van der Waals surface area (Å²) in [4.78, 5) is 16.9. The summed E-state index contributed by atoms with van der Waals surface area (Å²) < 4.78 is 0. The molecule has 142 valence electrons. The number of thiophene rings is 1. The summed E-state index contributed by atoms with van der Waals surface area (Å²) in [6.07, 6.45) is 2.86. The fraction of sp³-hybridized carbons (Fsp3) is 0.174. The molecule has 0 aliphatic carbocycles. The number of amides is 1. The van der Waals surface area contributed by atoms with E-state index in [2.05, 4.69) is 57.4 Å². The number of carbonyl (C=O) groups excluding carboxylic acids is 1. The van der Waals surface area contributed by atoms with E-state index in [4.69, 9.17) is 0 Å². The van der Waals surface area contributed by atoms with Crippen molar-refractivity contribution in [2.75, 3.05) is 13.1 Å². The fourth-order valence-electron chi connectivity index (χ4n) is 3.52. The van der Waals surface area contributed by atoms with Gasteiger partial charge in [-0.1, -0.05) is 54.6 Å². The quantitative estimate of drug-likeness (QED) is 0.425. The Balaban J connectivity index is 1.31. The molecular formula is C23H24N3OS+. The van der Waals surface area contributed by atoms with Crippen molar-refractivity contribution in [3.05, 3.63) is 94.3 Å². The number of fused-ring (bicyclic) bond motifs is 1. The van der Waals surface area contributed by atoms with E-state index in [1.165, 1.54) is 21.4 Å². The molecule has 0 fully saturated rings. The Morgan fingerprint density at radius 1 is 1.04 bits per heavy atom. The summed E-state index contributed by atoms with van der Waals surface area (Å²) in [5.74, 6) is 0.0670. The van der Waals surface area contributed by atoms with Crippen LogP contribution in [0.3, 0.4) is 0 Å². The van der Waals surface area contributed by atoms with Crippen molar-refractivity contribution in [3.8, 4) is 0 Å². The van der Waals surface area contributed by atoms with Crippen molar-refractivity contribution in [1.82, 2.24) is 10.3 Å². The van der Waals surface area contributed by atoms with E-state index in [1.807, 2.05) is 36.5 Å². The highest BCUT2D eigenvalue weighted by molar-refractivity contribution is 7.10. The maximum atomic E-state index is 12.4. The Morgan fingerprint density at radius 3 is 2.68 bits per heavy atom. The van der Waals surface area contributed by atoms with Gasteiger partial charge in [-0.15, -0.1) is 11.3 Å². The lowest BCUT2D eigenvalue weighted by molar-refractivity contribution is -0.676. The van der Waals surface area contributed by atoms with Crippen LogP contribution in [-0.2, 0) is 11.2 Å². The van der Waals surface area contributed by atoms with E-state index >= 15 is 0 Å². The Kier molecular flexibility index (Phi) is 5.85. The summed E-state index contributed by atoms with van der Waals surface area (Å²) in [6, 6.07) is 23.0. The molecule has 2 aromatic heterocycles. The molecule has 0 aliphatic rings. The normalized spacial score (nSPS) is 12.1. The van der Waals surface area contributed by atoms with E-state index < -0.39 is 0 Å². The number of H-pyrrole nitrogens is 1. The lowest BCUT2D eigenvalue weighted by Crippen LogP contribution is -2.87. The number of hydrogen-bond acceptors (Lipinski definition) is 2. The standard InChI is InChI=1S/C23H23N3OS/c27-22(24-13-12-18-15-25-20-10-5-4-9-19(18)20)16-26-23(21-11-6-14-28-21)17-7-2-1-3-8-17/h1-11,14-15,23,25-26H,12-13,16H2,(H,24,27)/p+1/t23-/m1/s1. The summed E-state index contributed by atoms with van der Waals surface area (Å²) in [7, 11) is 0. The van der Waals surface area contributed by atoms with Crippen LogP contribution >= 0.6 is 11.3 Å². The maximum absolute atomic E-state index is 12.4. The number of aromatic amines is 1. The third-order valence-corrected chi connectivity index (χ3v) is 5.89. The Morgan fingerprint density at radius 2 is 1.86 bits per heavy atom. The van der Waals surface area contributed by atoms with Crippen molar-refractivity contribution in [2.24, 2.45) is 0 Å². The molecule has 0 bridgehead atoms. The smallest absolute Gasteiger partial charge is 0.275 e. The molecule has 4 N–H and O–H groups in total. The Labute approximate surface area is 168 Å². The number of nitrogens with one attached hydrogen (secondary N) is 2. The lowest BCUT2D eigenvalue weighted by Gasteiger charge is -2.14. The van der Waals surface area contributed by atoms with Gasteiger partial charge in [0.2, 0.25) is 0 Å². The third kappa shape index (κ3) is 4.32. The van der Waals surface area contributed by atoms with E-state index in [9.17, 15) is 4.79 Å². The van der Waals surface area contributed by atoms with Crippen molar-refractivity contribution in [2.45, 2.75) is 12.5 Å². The second kappa shape index (κ2) is 8.87. The van der Waals surface area contributed by atoms with Crippen LogP contribution in [0.2, 0.25) is 0 Å². The maximum Gasteiger partial charge on any atom is 0.275 e. The van der Waals surface area contributed by atoms with Gasteiger partial charge >= 0.3 is 0 Å². The summed E-state index contributed by atoms with van der Waals surface area (Å²) in [6.45, 7) is 1.05. The largest absolute Gasteiger partial charge is 0.361 e. The molecule has 0 saturated heterocycles. The molecule has 5 heteroatoms. The number of benzene rings is 2. The molecule has 2 aromatic carbocycles. The zero-order valence-corrected chi connectivity index (χ0v) is 16.4. The van der Waals surface area contributed by atoms with Crippen molar-refractivity contribution in [1.29, 1.82) is 0 Å². The lowest BCUT2D eigenvalue weighted by atomic mass is 10.1. The molecule has 1 atom stereocenters. The minimum absolute atomic E-state index is 0.0670.